The van der Waals surface area contributed by atoms with E-state index in [9.17, 15) is 4.21 Å². The van der Waals surface area contributed by atoms with E-state index in [0.717, 1.165) is 23.4 Å². The van der Waals surface area contributed by atoms with Gasteiger partial charge < -0.3 is 4.42 Å². The van der Waals surface area contributed by atoms with Crippen LogP contribution in [0.3, 0.4) is 0 Å². The van der Waals surface area contributed by atoms with Gasteiger partial charge in [0.05, 0.1) is 11.4 Å². The fourth-order valence-corrected chi connectivity index (χ4v) is 4.60. The van der Waals surface area contributed by atoms with E-state index in [4.69, 9.17) is 4.42 Å². The molecule has 3 heterocycles. The molecule has 1 atom stereocenters. The highest BCUT2D eigenvalue weighted by Crippen LogP contribution is 2.24. The van der Waals surface area contributed by atoms with Crippen LogP contribution >= 0.6 is 22.7 Å². The van der Waals surface area contributed by atoms with Gasteiger partial charge in [0.15, 0.2) is 0 Å². The monoisotopic (exact) mass is 337 g/mol. The molecule has 0 bridgehead atoms. The molecule has 3 nitrogen and oxygen atoms in total. The molecule has 21 heavy (non-hydrogen) atoms. The van der Waals surface area contributed by atoms with Gasteiger partial charge in [-0.15, -0.1) is 11.3 Å². The Balaban J connectivity index is 1.63. The summed E-state index contributed by atoms with van der Waals surface area (Å²) in [7, 11) is -0.913. The van der Waals surface area contributed by atoms with Gasteiger partial charge in [-0.3, -0.25) is 4.21 Å². The number of rotatable bonds is 6. The van der Waals surface area contributed by atoms with Gasteiger partial charge in [-0.2, -0.15) is 11.3 Å². The second-order valence-electron chi connectivity index (χ2n) is 4.65. The molecule has 0 unspecified atom stereocenters. The van der Waals surface area contributed by atoms with Crippen LogP contribution in [0.5, 0.6) is 0 Å². The molecular formula is C15H15NO2S3. The first-order valence-electron chi connectivity index (χ1n) is 6.58. The summed E-state index contributed by atoms with van der Waals surface area (Å²) in [4.78, 5) is 5.76. The number of hydrogen-bond donors (Lipinski definition) is 0. The molecule has 0 aromatic carbocycles. The van der Waals surface area contributed by atoms with E-state index in [1.165, 1.54) is 4.88 Å². The topological polar surface area (TPSA) is 43.1 Å². The highest BCUT2D eigenvalue weighted by Gasteiger charge is 2.14. The summed E-state index contributed by atoms with van der Waals surface area (Å²) < 4.78 is 17.9. The molecule has 0 saturated carbocycles. The Kier molecular flexibility index (Phi) is 4.67. The van der Waals surface area contributed by atoms with Crippen molar-refractivity contribution in [1.82, 2.24) is 4.98 Å². The average Bonchev–Trinajstić information content (AvgIpc) is 3.18. The van der Waals surface area contributed by atoms with Gasteiger partial charge in [0, 0.05) is 32.4 Å². The summed E-state index contributed by atoms with van der Waals surface area (Å²) in [5.74, 6) is 2.52. The van der Waals surface area contributed by atoms with Crippen LogP contribution < -0.4 is 0 Å². The molecule has 0 amide bonds. The highest BCUT2D eigenvalue weighted by molar-refractivity contribution is 7.84. The molecule has 0 aliphatic heterocycles. The number of nitrogens with zero attached hydrogens (tertiary/aromatic N) is 1. The molecule has 3 rings (SSSR count). The van der Waals surface area contributed by atoms with Crippen molar-refractivity contribution in [2.75, 3.05) is 5.75 Å². The number of hydrogen-bond acceptors (Lipinski definition) is 5. The van der Waals surface area contributed by atoms with Crippen LogP contribution in [-0.4, -0.2) is 14.9 Å². The number of aryl methyl sites for hydroxylation is 2. The predicted molar refractivity (Wildman–Crippen MR) is 89.3 cm³/mol. The fourth-order valence-electron chi connectivity index (χ4n) is 1.97. The summed E-state index contributed by atoms with van der Waals surface area (Å²) in [5, 5.41) is 6.05. The number of thiophene rings is 2. The normalized spacial score (nSPS) is 12.6. The van der Waals surface area contributed by atoms with E-state index in [2.05, 4.69) is 11.1 Å². The van der Waals surface area contributed by atoms with E-state index >= 15 is 0 Å². The molecule has 0 fully saturated rings. The molecule has 3 aromatic heterocycles. The van der Waals surface area contributed by atoms with E-state index in [0.29, 0.717) is 17.4 Å². The second-order valence-corrected chi connectivity index (χ2v) is 8.04. The molecule has 6 heteroatoms. The Morgan fingerprint density at radius 1 is 1.33 bits per heavy atom. The van der Waals surface area contributed by atoms with Crippen LogP contribution in [0.15, 0.2) is 38.8 Å². The summed E-state index contributed by atoms with van der Waals surface area (Å²) in [6, 6.07) is 6.09. The zero-order valence-corrected chi connectivity index (χ0v) is 14.0. The SMILES string of the molecule is Cc1oc(-c2ccsc2)nc1C[S@](=O)CCc1cccs1. The van der Waals surface area contributed by atoms with E-state index in [1.807, 2.05) is 35.2 Å². The molecular weight excluding hydrogens is 322 g/mol. The van der Waals surface area contributed by atoms with Gasteiger partial charge in [-0.05, 0) is 36.2 Å². The summed E-state index contributed by atoms with van der Waals surface area (Å²) in [6.45, 7) is 1.88. The summed E-state index contributed by atoms with van der Waals surface area (Å²) >= 11 is 3.32. The van der Waals surface area contributed by atoms with Crippen LogP contribution in [0.25, 0.3) is 11.5 Å². The van der Waals surface area contributed by atoms with Crippen molar-refractivity contribution in [3.05, 3.63) is 50.7 Å². The standard InChI is InChI=1S/C15H15NO2S3/c1-11-14(16-15(18-11)12-4-7-19-9-12)10-21(17)8-5-13-3-2-6-20-13/h2-4,6-7,9H,5,8,10H2,1H3/t21-/m1/s1. The lowest BCUT2D eigenvalue weighted by atomic mass is 10.3. The van der Waals surface area contributed by atoms with Crippen molar-refractivity contribution in [2.45, 2.75) is 19.1 Å². The first-order valence-corrected chi connectivity index (χ1v) is 9.89. The third kappa shape index (κ3) is 3.70. The minimum Gasteiger partial charge on any atom is -0.441 e. The summed E-state index contributed by atoms with van der Waals surface area (Å²) in [6.07, 6.45) is 0.860. The molecule has 0 aliphatic carbocycles. The number of aromatic nitrogens is 1. The van der Waals surface area contributed by atoms with E-state index < -0.39 is 10.8 Å². The largest absolute Gasteiger partial charge is 0.441 e. The zero-order chi connectivity index (χ0) is 14.7. The van der Waals surface area contributed by atoms with Crippen LogP contribution in [0.2, 0.25) is 0 Å². The third-order valence-electron chi connectivity index (χ3n) is 3.11. The minimum atomic E-state index is -0.913. The van der Waals surface area contributed by atoms with Crippen LogP contribution in [-0.2, 0) is 23.0 Å². The molecule has 110 valence electrons. The van der Waals surface area contributed by atoms with Crippen molar-refractivity contribution >= 4 is 33.5 Å². The Hall–Kier alpha value is -1.24. The van der Waals surface area contributed by atoms with Gasteiger partial charge >= 0.3 is 0 Å². The highest BCUT2D eigenvalue weighted by atomic mass is 32.2. The van der Waals surface area contributed by atoms with Crippen LogP contribution in [0.4, 0.5) is 0 Å². The first kappa shape index (κ1) is 14.7. The van der Waals surface area contributed by atoms with Crippen molar-refractivity contribution in [3.8, 4) is 11.5 Å². The molecule has 0 radical (unpaired) electrons. The van der Waals surface area contributed by atoms with Gasteiger partial charge in [-0.1, -0.05) is 6.07 Å². The van der Waals surface area contributed by atoms with E-state index in [-0.39, 0.29) is 0 Å². The lowest BCUT2D eigenvalue weighted by Crippen LogP contribution is -2.04. The maximum absolute atomic E-state index is 12.2. The van der Waals surface area contributed by atoms with Gasteiger partial charge in [0.1, 0.15) is 5.76 Å². The molecule has 3 aromatic rings. The molecule has 0 spiro atoms. The second kappa shape index (κ2) is 6.68. The Labute approximate surface area is 134 Å². The Morgan fingerprint density at radius 2 is 2.24 bits per heavy atom. The maximum Gasteiger partial charge on any atom is 0.227 e. The van der Waals surface area contributed by atoms with Gasteiger partial charge in [-0.25, -0.2) is 4.98 Å². The smallest absolute Gasteiger partial charge is 0.227 e. The van der Waals surface area contributed by atoms with Crippen molar-refractivity contribution < 1.29 is 8.63 Å². The average molecular weight is 337 g/mol. The quantitative estimate of drug-likeness (QED) is 0.675. The Morgan fingerprint density at radius 3 is 2.95 bits per heavy atom. The Bertz CT molecular complexity index is 714. The number of oxazole rings is 1. The fraction of sp³-hybridized carbons (Fsp3) is 0.267. The molecule has 0 N–H and O–H groups in total. The summed E-state index contributed by atoms with van der Waals surface area (Å²) in [5.41, 5.74) is 1.79. The lowest BCUT2D eigenvalue weighted by Gasteiger charge is -1.99. The predicted octanol–water partition coefficient (Wildman–Crippen LogP) is 4.26. The first-order chi connectivity index (χ1) is 10.2. The van der Waals surface area contributed by atoms with Crippen LogP contribution in [0.1, 0.15) is 16.3 Å². The lowest BCUT2D eigenvalue weighted by molar-refractivity contribution is 0.540. The zero-order valence-electron chi connectivity index (χ0n) is 11.6. The van der Waals surface area contributed by atoms with Gasteiger partial charge in [0.2, 0.25) is 5.89 Å². The third-order valence-corrected chi connectivity index (χ3v) is 5.99. The van der Waals surface area contributed by atoms with Crippen molar-refractivity contribution in [1.29, 1.82) is 0 Å². The van der Waals surface area contributed by atoms with E-state index in [1.54, 1.807) is 22.7 Å². The van der Waals surface area contributed by atoms with Gasteiger partial charge in [0.25, 0.3) is 0 Å². The minimum absolute atomic E-state index is 0.463. The van der Waals surface area contributed by atoms with Crippen LogP contribution in [0, 0.1) is 6.92 Å². The van der Waals surface area contributed by atoms with Crippen molar-refractivity contribution in [2.24, 2.45) is 0 Å². The molecule has 0 saturated heterocycles. The molecule has 0 aliphatic rings. The van der Waals surface area contributed by atoms with Crippen molar-refractivity contribution in [3.63, 3.8) is 0 Å². The maximum atomic E-state index is 12.2.